The van der Waals surface area contributed by atoms with E-state index in [1.807, 2.05) is 0 Å². The predicted molar refractivity (Wildman–Crippen MR) is 70.9 cm³/mol. The molecule has 0 saturated carbocycles. The van der Waals surface area contributed by atoms with Crippen molar-refractivity contribution in [2.45, 2.75) is 13.0 Å². The summed E-state index contributed by atoms with van der Waals surface area (Å²) in [6.07, 6.45) is 3.21. The third-order valence-corrected chi connectivity index (χ3v) is 3.22. The average Bonchev–Trinajstić information content (AvgIpc) is 2.97. The van der Waals surface area contributed by atoms with Crippen LogP contribution in [-0.4, -0.2) is 26.5 Å². The Morgan fingerprint density at radius 1 is 1.53 bits per heavy atom. The molecule has 3 N–H and O–H groups in total. The zero-order chi connectivity index (χ0) is 14.0. The Hall–Kier alpha value is -2.06. The summed E-state index contributed by atoms with van der Waals surface area (Å²) in [6.45, 7) is 1.42. The number of rotatable bonds is 4. The molecule has 2 heterocycles. The normalized spacial score (nSPS) is 12.2. The maximum absolute atomic E-state index is 11.9. The number of Topliss-reactive ketones (excluding diaryl/α,β-unsaturated/α-hetero) is 1. The maximum Gasteiger partial charge on any atom is 0.247 e. The van der Waals surface area contributed by atoms with E-state index in [9.17, 15) is 9.59 Å². The molecule has 0 aliphatic carbocycles. The van der Waals surface area contributed by atoms with E-state index in [1.54, 1.807) is 23.3 Å². The fraction of sp³-hybridized carbons (Fsp3) is 0.273. The molecule has 0 spiro atoms. The Balaban J connectivity index is 2.06. The van der Waals surface area contributed by atoms with Gasteiger partial charge in [-0.1, -0.05) is 0 Å². The average molecular weight is 279 g/mol. The number of ketones is 1. The smallest absolute Gasteiger partial charge is 0.247 e. The van der Waals surface area contributed by atoms with Crippen molar-refractivity contribution in [1.82, 2.24) is 14.8 Å². The van der Waals surface area contributed by atoms with Crippen LogP contribution < -0.4 is 11.1 Å². The summed E-state index contributed by atoms with van der Waals surface area (Å²) < 4.78 is 1.57. The van der Waals surface area contributed by atoms with Crippen LogP contribution in [0.4, 0.5) is 5.13 Å². The number of carbonyl (C=O) groups is 2. The molecule has 0 radical (unpaired) electrons. The molecule has 2 aromatic heterocycles. The minimum atomic E-state index is -0.821. The number of carbonyl (C=O) groups excluding carboxylic acids is 2. The molecule has 1 amide bonds. The number of nitrogens with zero attached hydrogens (tertiary/aromatic N) is 3. The van der Waals surface area contributed by atoms with E-state index in [0.717, 1.165) is 0 Å². The molecule has 100 valence electrons. The Morgan fingerprint density at radius 3 is 2.79 bits per heavy atom. The maximum atomic E-state index is 11.9. The number of thiazole rings is 1. The van der Waals surface area contributed by atoms with E-state index in [2.05, 4.69) is 15.4 Å². The standard InChI is InChI=1S/C11H13N5O2S/c1-6(17)8-5-19-11(14-8)15-10(18)9(12)7-3-13-16(2)4-7/h3-5,9H,12H2,1-2H3,(H,14,15,18). The molecule has 8 heteroatoms. The molecule has 0 aliphatic heterocycles. The zero-order valence-electron chi connectivity index (χ0n) is 10.5. The monoisotopic (exact) mass is 279 g/mol. The molecule has 0 fully saturated rings. The van der Waals surface area contributed by atoms with Gasteiger partial charge in [-0.3, -0.25) is 14.3 Å². The third kappa shape index (κ3) is 3.04. The number of anilines is 1. The van der Waals surface area contributed by atoms with Gasteiger partial charge in [0, 0.05) is 31.1 Å². The topological polar surface area (TPSA) is 103 Å². The minimum Gasteiger partial charge on any atom is -0.316 e. The molecule has 2 aromatic rings. The van der Waals surface area contributed by atoms with Crippen molar-refractivity contribution in [2.75, 3.05) is 5.32 Å². The Morgan fingerprint density at radius 2 is 2.26 bits per heavy atom. The largest absolute Gasteiger partial charge is 0.316 e. The molecule has 0 aromatic carbocycles. The van der Waals surface area contributed by atoms with Gasteiger partial charge in [-0.15, -0.1) is 11.3 Å². The van der Waals surface area contributed by atoms with Gasteiger partial charge in [0.25, 0.3) is 0 Å². The van der Waals surface area contributed by atoms with E-state index < -0.39 is 11.9 Å². The van der Waals surface area contributed by atoms with Gasteiger partial charge in [0.05, 0.1) is 6.20 Å². The van der Waals surface area contributed by atoms with Gasteiger partial charge < -0.3 is 11.1 Å². The van der Waals surface area contributed by atoms with Crippen LogP contribution in [0.1, 0.15) is 29.0 Å². The number of amides is 1. The lowest BCUT2D eigenvalue weighted by Gasteiger charge is -2.08. The highest BCUT2D eigenvalue weighted by molar-refractivity contribution is 7.14. The first kappa shape index (κ1) is 13.4. The van der Waals surface area contributed by atoms with Crippen molar-refractivity contribution >= 4 is 28.2 Å². The van der Waals surface area contributed by atoms with Crippen molar-refractivity contribution < 1.29 is 9.59 Å². The quantitative estimate of drug-likeness (QED) is 0.803. The summed E-state index contributed by atoms with van der Waals surface area (Å²) in [4.78, 5) is 27.0. The summed E-state index contributed by atoms with van der Waals surface area (Å²) in [7, 11) is 1.74. The highest BCUT2D eigenvalue weighted by Gasteiger charge is 2.18. The van der Waals surface area contributed by atoms with Crippen LogP contribution in [0.25, 0.3) is 0 Å². The fourth-order valence-corrected chi connectivity index (χ4v) is 2.18. The zero-order valence-corrected chi connectivity index (χ0v) is 11.3. The Labute approximate surface area is 113 Å². The van der Waals surface area contributed by atoms with Gasteiger partial charge in [-0.05, 0) is 0 Å². The fourth-order valence-electron chi connectivity index (χ4n) is 1.43. The summed E-state index contributed by atoms with van der Waals surface area (Å²) in [6, 6.07) is -0.821. The first-order valence-electron chi connectivity index (χ1n) is 5.49. The van der Waals surface area contributed by atoms with Crippen LogP contribution in [-0.2, 0) is 11.8 Å². The summed E-state index contributed by atoms with van der Waals surface area (Å²) in [5, 5.41) is 8.48. The van der Waals surface area contributed by atoms with E-state index >= 15 is 0 Å². The van der Waals surface area contributed by atoms with Crippen LogP contribution >= 0.6 is 11.3 Å². The van der Waals surface area contributed by atoms with Crippen molar-refractivity contribution in [3.63, 3.8) is 0 Å². The molecular formula is C11H13N5O2S. The van der Waals surface area contributed by atoms with E-state index in [1.165, 1.54) is 24.5 Å². The summed E-state index contributed by atoms with van der Waals surface area (Å²) in [5.41, 5.74) is 6.75. The molecule has 0 bridgehead atoms. The summed E-state index contributed by atoms with van der Waals surface area (Å²) >= 11 is 1.18. The molecular weight excluding hydrogens is 266 g/mol. The second kappa shape index (κ2) is 5.29. The number of nitrogens with two attached hydrogens (primary N) is 1. The van der Waals surface area contributed by atoms with Crippen molar-refractivity contribution in [3.8, 4) is 0 Å². The lowest BCUT2D eigenvalue weighted by atomic mass is 10.1. The summed E-state index contributed by atoms with van der Waals surface area (Å²) in [5.74, 6) is -0.536. The molecule has 7 nitrogen and oxygen atoms in total. The number of hydrogen-bond donors (Lipinski definition) is 2. The number of hydrogen-bond acceptors (Lipinski definition) is 6. The Kier molecular flexibility index (Phi) is 3.72. The van der Waals surface area contributed by atoms with Gasteiger partial charge in [0.15, 0.2) is 10.9 Å². The van der Waals surface area contributed by atoms with Gasteiger partial charge in [0.2, 0.25) is 5.91 Å². The first-order valence-corrected chi connectivity index (χ1v) is 6.37. The van der Waals surface area contributed by atoms with Gasteiger partial charge >= 0.3 is 0 Å². The molecule has 1 atom stereocenters. The van der Waals surface area contributed by atoms with Crippen molar-refractivity contribution in [1.29, 1.82) is 0 Å². The highest BCUT2D eigenvalue weighted by atomic mass is 32.1. The Bertz CT molecular complexity index is 618. The van der Waals surface area contributed by atoms with E-state index in [4.69, 9.17) is 5.73 Å². The van der Waals surface area contributed by atoms with Crippen molar-refractivity contribution in [2.24, 2.45) is 12.8 Å². The van der Waals surface area contributed by atoms with Gasteiger partial charge in [0.1, 0.15) is 11.7 Å². The number of nitrogens with one attached hydrogen (secondary N) is 1. The van der Waals surface area contributed by atoms with Crippen LogP contribution in [0.15, 0.2) is 17.8 Å². The number of aromatic nitrogens is 3. The lowest BCUT2D eigenvalue weighted by Crippen LogP contribution is -2.27. The van der Waals surface area contributed by atoms with E-state index in [-0.39, 0.29) is 5.78 Å². The molecule has 0 saturated heterocycles. The van der Waals surface area contributed by atoms with Crippen LogP contribution in [0.2, 0.25) is 0 Å². The lowest BCUT2D eigenvalue weighted by molar-refractivity contribution is -0.117. The van der Waals surface area contributed by atoms with Gasteiger partial charge in [-0.25, -0.2) is 4.98 Å². The second-order valence-electron chi connectivity index (χ2n) is 4.01. The SMILES string of the molecule is CC(=O)c1csc(NC(=O)C(N)c2cnn(C)c2)n1. The predicted octanol–water partition coefficient (Wildman–Crippen LogP) is 0.718. The van der Waals surface area contributed by atoms with Crippen LogP contribution in [0, 0.1) is 0 Å². The van der Waals surface area contributed by atoms with E-state index in [0.29, 0.717) is 16.4 Å². The molecule has 1 unspecified atom stereocenters. The van der Waals surface area contributed by atoms with Crippen LogP contribution in [0.3, 0.4) is 0 Å². The minimum absolute atomic E-state index is 0.145. The molecule has 19 heavy (non-hydrogen) atoms. The molecule has 0 aliphatic rings. The van der Waals surface area contributed by atoms with Crippen LogP contribution in [0.5, 0.6) is 0 Å². The highest BCUT2D eigenvalue weighted by Crippen LogP contribution is 2.18. The van der Waals surface area contributed by atoms with Gasteiger partial charge in [-0.2, -0.15) is 5.10 Å². The second-order valence-corrected chi connectivity index (χ2v) is 4.87. The first-order chi connectivity index (χ1) is 8.97. The van der Waals surface area contributed by atoms with Crippen molar-refractivity contribution in [3.05, 3.63) is 29.0 Å². The number of aryl methyl sites for hydroxylation is 1. The third-order valence-electron chi connectivity index (χ3n) is 2.46. The molecule has 2 rings (SSSR count).